The molecule has 0 radical (unpaired) electrons. The molecule has 1 fully saturated rings. The summed E-state index contributed by atoms with van der Waals surface area (Å²) in [6.45, 7) is 2.36. The summed E-state index contributed by atoms with van der Waals surface area (Å²) in [7, 11) is 0. The average molecular weight is 266 g/mol. The first-order chi connectivity index (χ1) is 8.83. The molecule has 1 amide bonds. The number of rotatable bonds is 3. The maximum atomic E-state index is 13.9. The van der Waals surface area contributed by atoms with Crippen LogP contribution in [-0.2, 0) is 4.79 Å². The van der Waals surface area contributed by atoms with Crippen molar-refractivity contribution in [3.8, 4) is 0 Å². The number of carbonyl (C=O) groups excluding carboxylic acids is 1. The van der Waals surface area contributed by atoms with E-state index in [0.29, 0.717) is 18.7 Å². The lowest BCUT2D eigenvalue weighted by Gasteiger charge is -2.22. The summed E-state index contributed by atoms with van der Waals surface area (Å²) in [5.41, 5.74) is 4.61. The molecule has 2 rings (SSSR count). The number of benzene rings is 1. The molecule has 1 aromatic carbocycles. The van der Waals surface area contributed by atoms with Crippen LogP contribution in [-0.4, -0.2) is 30.1 Å². The Morgan fingerprint density at radius 3 is 2.63 bits per heavy atom. The number of primary amides is 1. The van der Waals surface area contributed by atoms with E-state index in [-0.39, 0.29) is 12.1 Å². The Balaban J connectivity index is 2.25. The molecular formula is C13H15FN2O3. The quantitative estimate of drug-likeness (QED) is 0.861. The second-order valence-electron chi connectivity index (χ2n) is 5.07. The Morgan fingerprint density at radius 2 is 2.16 bits per heavy atom. The van der Waals surface area contributed by atoms with Crippen molar-refractivity contribution in [3.05, 3.63) is 29.6 Å². The molecule has 3 N–H and O–H groups in total. The number of halogens is 1. The molecule has 0 aromatic heterocycles. The molecule has 1 unspecified atom stereocenters. The fourth-order valence-electron chi connectivity index (χ4n) is 2.26. The maximum Gasteiger partial charge on any atom is 0.311 e. The standard InChI is InChI=1S/C13H15FN2O3/c1-13(12(18)19)4-5-16(7-13)10-3-2-8(11(15)17)6-9(10)14/h2-3,6H,4-5,7H2,1H3,(H2,15,17)(H,18,19). The first-order valence-corrected chi connectivity index (χ1v) is 5.91. The molecule has 1 aliphatic rings. The van der Waals surface area contributed by atoms with E-state index in [4.69, 9.17) is 10.8 Å². The van der Waals surface area contributed by atoms with Crippen molar-refractivity contribution in [3.63, 3.8) is 0 Å². The Kier molecular flexibility index (Phi) is 3.18. The first-order valence-electron chi connectivity index (χ1n) is 5.91. The molecule has 1 aliphatic heterocycles. The summed E-state index contributed by atoms with van der Waals surface area (Å²) in [6, 6.07) is 3.98. The Bertz CT molecular complexity index is 547. The second-order valence-corrected chi connectivity index (χ2v) is 5.07. The van der Waals surface area contributed by atoms with Gasteiger partial charge in [0.1, 0.15) is 5.82 Å². The van der Waals surface area contributed by atoms with Crippen LogP contribution in [0.3, 0.4) is 0 Å². The summed E-state index contributed by atoms with van der Waals surface area (Å²) >= 11 is 0. The van der Waals surface area contributed by atoms with Crippen molar-refractivity contribution in [2.45, 2.75) is 13.3 Å². The van der Waals surface area contributed by atoms with E-state index >= 15 is 0 Å². The van der Waals surface area contributed by atoms with Crippen LogP contribution in [0.15, 0.2) is 18.2 Å². The number of amides is 1. The fourth-order valence-corrected chi connectivity index (χ4v) is 2.26. The third kappa shape index (κ3) is 2.38. The smallest absolute Gasteiger partial charge is 0.311 e. The lowest BCUT2D eigenvalue weighted by Crippen LogP contribution is -2.32. The van der Waals surface area contributed by atoms with Crippen molar-refractivity contribution in [1.29, 1.82) is 0 Å². The zero-order valence-electron chi connectivity index (χ0n) is 10.5. The molecule has 1 aromatic rings. The zero-order chi connectivity index (χ0) is 14.2. The topological polar surface area (TPSA) is 83.6 Å². The van der Waals surface area contributed by atoms with Crippen molar-refractivity contribution >= 4 is 17.6 Å². The first kappa shape index (κ1) is 13.3. The van der Waals surface area contributed by atoms with Crippen LogP contribution in [0, 0.1) is 11.2 Å². The molecule has 1 atom stereocenters. The minimum Gasteiger partial charge on any atom is -0.481 e. The van der Waals surface area contributed by atoms with Gasteiger partial charge in [-0.05, 0) is 31.5 Å². The van der Waals surface area contributed by atoms with Crippen LogP contribution in [0.2, 0.25) is 0 Å². The summed E-state index contributed by atoms with van der Waals surface area (Å²) < 4.78 is 13.9. The number of carboxylic acid groups (broad SMARTS) is 1. The van der Waals surface area contributed by atoms with Gasteiger partial charge < -0.3 is 15.7 Å². The van der Waals surface area contributed by atoms with Gasteiger partial charge in [-0.1, -0.05) is 0 Å². The SMILES string of the molecule is CC1(C(=O)O)CCN(c2ccc(C(N)=O)cc2F)C1. The van der Waals surface area contributed by atoms with E-state index in [9.17, 15) is 14.0 Å². The van der Waals surface area contributed by atoms with E-state index < -0.39 is 23.1 Å². The molecule has 0 spiro atoms. The number of aliphatic carboxylic acids is 1. The van der Waals surface area contributed by atoms with Crippen molar-refractivity contribution in [1.82, 2.24) is 0 Å². The minimum absolute atomic E-state index is 0.0986. The van der Waals surface area contributed by atoms with E-state index in [1.165, 1.54) is 12.1 Å². The summed E-state index contributed by atoms with van der Waals surface area (Å²) in [5, 5.41) is 9.14. The highest BCUT2D eigenvalue weighted by Crippen LogP contribution is 2.34. The second kappa shape index (κ2) is 4.53. The van der Waals surface area contributed by atoms with E-state index in [1.807, 2.05) is 0 Å². The number of nitrogens with zero attached hydrogens (tertiary/aromatic N) is 1. The molecule has 1 heterocycles. The van der Waals surface area contributed by atoms with Crippen molar-refractivity contribution in [2.24, 2.45) is 11.1 Å². The third-order valence-electron chi connectivity index (χ3n) is 3.56. The van der Waals surface area contributed by atoms with Crippen LogP contribution in [0.1, 0.15) is 23.7 Å². The lowest BCUT2D eigenvalue weighted by molar-refractivity contribution is -0.146. The number of hydrogen-bond donors (Lipinski definition) is 2. The predicted octanol–water partition coefficient (Wildman–Crippen LogP) is 1.23. The van der Waals surface area contributed by atoms with E-state index in [1.54, 1.807) is 11.8 Å². The molecule has 0 saturated carbocycles. The zero-order valence-corrected chi connectivity index (χ0v) is 10.5. The normalized spacial score (nSPS) is 22.5. The van der Waals surface area contributed by atoms with Crippen LogP contribution < -0.4 is 10.6 Å². The highest BCUT2D eigenvalue weighted by Gasteiger charge is 2.41. The number of carbonyl (C=O) groups is 2. The number of anilines is 1. The van der Waals surface area contributed by atoms with Gasteiger partial charge in [0, 0.05) is 18.7 Å². The average Bonchev–Trinajstić information content (AvgIpc) is 2.73. The summed E-state index contributed by atoms with van der Waals surface area (Å²) in [4.78, 5) is 23.8. The molecule has 5 nitrogen and oxygen atoms in total. The molecule has 6 heteroatoms. The van der Waals surface area contributed by atoms with Gasteiger partial charge >= 0.3 is 5.97 Å². The Labute approximate surface area is 109 Å². The van der Waals surface area contributed by atoms with E-state index in [0.717, 1.165) is 6.07 Å². The van der Waals surface area contributed by atoms with Crippen LogP contribution >= 0.6 is 0 Å². The molecule has 0 bridgehead atoms. The number of hydrogen-bond acceptors (Lipinski definition) is 3. The molecule has 102 valence electrons. The minimum atomic E-state index is -0.885. The monoisotopic (exact) mass is 266 g/mol. The van der Waals surface area contributed by atoms with E-state index in [2.05, 4.69) is 0 Å². The Morgan fingerprint density at radius 1 is 1.47 bits per heavy atom. The highest BCUT2D eigenvalue weighted by molar-refractivity contribution is 5.93. The fraction of sp³-hybridized carbons (Fsp3) is 0.385. The predicted molar refractivity (Wildman–Crippen MR) is 67.5 cm³/mol. The van der Waals surface area contributed by atoms with Gasteiger partial charge in [-0.15, -0.1) is 0 Å². The molecule has 19 heavy (non-hydrogen) atoms. The van der Waals surface area contributed by atoms with Gasteiger partial charge in [-0.25, -0.2) is 4.39 Å². The molecule has 0 aliphatic carbocycles. The number of carboxylic acids is 1. The molecule has 1 saturated heterocycles. The third-order valence-corrected chi connectivity index (χ3v) is 3.56. The van der Waals surface area contributed by atoms with Gasteiger partial charge in [0.15, 0.2) is 0 Å². The van der Waals surface area contributed by atoms with Crippen LogP contribution in [0.4, 0.5) is 10.1 Å². The molecular weight excluding hydrogens is 251 g/mol. The van der Waals surface area contributed by atoms with Crippen LogP contribution in [0.5, 0.6) is 0 Å². The largest absolute Gasteiger partial charge is 0.481 e. The summed E-state index contributed by atoms with van der Waals surface area (Å²) in [5.74, 6) is -2.14. The lowest BCUT2D eigenvalue weighted by atomic mass is 9.90. The van der Waals surface area contributed by atoms with Gasteiger partial charge in [0.05, 0.1) is 11.1 Å². The van der Waals surface area contributed by atoms with Crippen molar-refractivity contribution in [2.75, 3.05) is 18.0 Å². The maximum absolute atomic E-state index is 13.9. The summed E-state index contributed by atoms with van der Waals surface area (Å²) in [6.07, 6.45) is 0.458. The highest BCUT2D eigenvalue weighted by atomic mass is 19.1. The van der Waals surface area contributed by atoms with Gasteiger partial charge in [-0.3, -0.25) is 9.59 Å². The van der Waals surface area contributed by atoms with Gasteiger partial charge in [0.25, 0.3) is 0 Å². The van der Waals surface area contributed by atoms with Gasteiger partial charge in [-0.2, -0.15) is 0 Å². The van der Waals surface area contributed by atoms with Crippen LogP contribution in [0.25, 0.3) is 0 Å². The van der Waals surface area contributed by atoms with Crippen molar-refractivity contribution < 1.29 is 19.1 Å². The van der Waals surface area contributed by atoms with Gasteiger partial charge in [0.2, 0.25) is 5.91 Å². The number of nitrogens with two attached hydrogens (primary N) is 1. The Hall–Kier alpha value is -2.11.